The minimum Gasteiger partial charge on any atom is -0.497 e. The summed E-state index contributed by atoms with van der Waals surface area (Å²) in [6.07, 6.45) is 3.00. The van der Waals surface area contributed by atoms with Gasteiger partial charge in [-0.15, -0.1) is 16.4 Å². The highest BCUT2D eigenvalue weighted by Gasteiger charge is 2.16. The number of hydrogen-bond acceptors (Lipinski definition) is 6. The third-order valence-corrected chi connectivity index (χ3v) is 5.33. The van der Waals surface area contributed by atoms with Gasteiger partial charge in [0.25, 0.3) is 5.91 Å². The van der Waals surface area contributed by atoms with Gasteiger partial charge < -0.3 is 10.1 Å². The molecular formula is C23H19FN4O2S. The number of carbonyl (C=O) groups is 1. The Labute approximate surface area is 182 Å². The quantitative estimate of drug-likeness (QED) is 0.409. The number of methoxy groups -OCH3 is 1. The number of hydrogen-bond donors (Lipinski definition) is 1. The van der Waals surface area contributed by atoms with E-state index in [9.17, 15) is 9.18 Å². The van der Waals surface area contributed by atoms with E-state index < -0.39 is 0 Å². The number of allylic oxidation sites excluding steroid dienone is 1. The average Bonchev–Trinajstić information content (AvgIpc) is 3.47. The molecule has 2 aromatic carbocycles. The Kier molecular flexibility index (Phi) is 6.18. The van der Waals surface area contributed by atoms with Crippen LogP contribution in [0.15, 0.2) is 72.1 Å². The molecule has 0 saturated carbocycles. The van der Waals surface area contributed by atoms with Gasteiger partial charge in [-0.2, -0.15) is 9.67 Å². The molecule has 0 saturated heterocycles. The predicted molar refractivity (Wildman–Crippen MR) is 120 cm³/mol. The monoisotopic (exact) mass is 434 g/mol. The van der Waals surface area contributed by atoms with Gasteiger partial charge in [-0.1, -0.05) is 18.2 Å². The van der Waals surface area contributed by atoms with Crippen molar-refractivity contribution < 1.29 is 13.9 Å². The van der Waals surface area contributed by atoms with Crippen molar-refractivity contribution in [3.8, 4) is 17.1 Å². The first-order chi connectivity index (χ1) is 15.1. The van der Waals surface area contributed by atoms with Crippen molar-refractivity contribution in [1.82, 2.24) is 14.8 Å². The fourth-order valence-corrected chi connectivity index (χ4v) is 3.48. The molecular weight excluding hydrogens is 415 g/mol. The molecule has 6 nitrogen and oxygen atoms in total. The number of benzene rings is 2. The molecule has 31 heavy (non-hydrogen) atoms. The maximum absolute atomic E-state index is 13.1. The number of halogens is 1. The molecule has 0 unspecified atom stereocenters. The summed E-state index contributed by atoms with van der Waals surface area (Å²) < 4.78 is 19.5. The summed E-state index contributed by atoms with van der Waals surface area (Å²) in [6, 6.07) is 17.1. The van der Waals surface area contributed by atoms with Crippen LogP contribution in [0, 0.1) is 5.82 Å². The molecule has 0 spiro atoms. The number of nitrogens with one attached hydrogen (secondary N) is 1. The molecule has 2 heterocycles. The van der Waals surface area contributed by atoms with Gasteiger partial charge in [0, 0.05) is 16.5 Å². The molecule has 2 aromatic heterocycles. The second-order valence-electron chi connectivity index (χ2n) is 6.56. The fraction of sp³-hybridized carbons (Fsp3) is 0.0870. The van der Waals surface area contributed by atoms with Gasteiger partial charge in [0.2, 0.25) is 5.95 Å². The van der Waals surface area contributed by atoms with Crippen LogP contribution in [-0.2, 0) is 6.54 Å². The first-order valence-corrected chi connectivity index (χ1v) is 10.4. The zero-order valence-corrected chi connectivity index (χ0v) is 17.5. The van der Waals surface area contributed by atoms with E-state index in [1.54, 1.807) is 36.7 Å². The van der Waals surface area contributed by atoms with Crippen LogP contribution in [0.3, 0.4) is 0 Å². The Morgan fingerprint density at radius 1 is 1.16 bits per heavy atom. The molecule has 0 bridgehead atoms. The van der Waals surface area contributed by atoms with E-state index in [-0.39, 0.29) is 11.7 Å². The summed E-state index contributed by atoms with van der Waals surface area (Å²) in [5, 5.41) is 9.58. The van der Waals surface area contributed by atoms with Crippen molar-refractivity contribution in [2.24, 2.45) is 0 Å². The number of thiophene rings is 1. The zero-order valence-electron chi connectivity index (χ0n) is 16.7. The second-order valence-corrected chi connectivity index (χ2v) is 7.59. The van der Waals surface area contributed by atoms with Gasteiger partial charge >= 0.3 is 0 Å². The fourth-order valence-electron chi connectivity index (χ4n) is 2.83. The summed E-state index contributed by atoms with van der Waals surface area (Å²) in [4.78, 5) is 18.5. The SMILES string of the molecule is COc1ccc(-c2nc(NCc3cccs3)n(C(=O)C=Cc3ccc(F)cc3)n2)cc1. The molecule has 0 radical (unpaired) electrons. The van der Waals surface area contributed by atoms with Crippen LogP contribution in [0.4, 0.5) is 10.3 Å². The summed E-state index contributed by atoms with van der Waals surface area (Å²) in [5.74, 6) is 0.777. The maximum Gasteiger partial charge on any atom is 0.274 e. The van der Waals surface area contributed by atoms with Gasteiger partial charge in [-0.3, -0.25) is 4.79 Å². The molecule has 156 valence electrons. The number of aromatic nitrogens is 3. The highest BCUT2D eigenvalue weighted by atomic mass is 32.1. The third kappa shape index (κ3) is 5.04. The van der Waals surface area contributed by atoms with E-state index >= 15 is 0 Å². The highest BCUT2D eigenvalue weighted by Crippen LogP contribution is 2.22. The van der Waals surface area contributed by atoms with Crippen molar-refractivity contribution >= 4 is 29.3 Å². The molecule has 4 rings (SSSR count). The van der Waals surface area contributed by atoms with Gasteiger partial charge in [-0.05, 0) is 59.5 Å². The van der Waals surface area contributed by atoms with Crippen LogP contribution < -0.4 is 10.1 Å². The summed E-state index contributed by atoms with van der Waals surface area (Å²) in [5.41, 5.74) is 1.47. The number of ether oxygens (including phenoxy) is 1. The molecule has 0 aliphatic carbocycles. The summed E-state index contributed by atoms with van der Waals surface area (Å²) >= 11 is 1.61. The van der Waals surface area contributed by atoms with Crippen LogP contribution in [-0.4, -0.2) is 27.8 Å². The Balaban J connectivity index is 1.61. The van der Waals surface area contributed by atoms with E-state index in [0.29, 0.717) is 23.9 Å². The topological polar surface area (TPSA) is 69.0 Å². The molecule has 4 aromatic rings. The number of carbonyl (C=O) groups excluding carboxylic acids is 1. The Morgan fingerprint density at radius 3 is 2.61 bits per heavy atom. The van der Waals surface area contributed by atoms with Crippen molar-refractivity contribution in [3.05, 3.63) is 88.4 Å². The van der Waals surface area contributed by atoms with Crippen molar-refractivity contribution in [3.63, 3.8) is 0 Å². The lowest BCUT2D eigenvalue weighted by atomic mass is 10.2. The van der Waals surface area contributed by atoms with E-state index in [4.69, 9.17) is 4.74 Å². The van der Waals surface area contributed by atoms with E-state index in [1.807, 2.05) is 41.8 Å². The Hall–Kier alpha value is -3.78. The lowest BCUT2D eigenvalue weighted by molar-refractivity contribution is 0.0957. The van der Waals surface area contributed by atoms with Gasteiger partial charge in [0.15, 0.2) is 5.82 Å². The van der Waals surface area contributed by atoms with Gasteiger partial charge in [0.05, 0.1) is 13.7 Å². The molecule has 0 aliphatic heterocycles. The molecule has 0 fully saturated rings. The molecule has 0 amide bonds. The Morgan fingerprint density at radius 2 is 1.94 bits per heavy atom. The molecule has 0 aliphatic rings. The van der Waals surface area contributed by atoms with Gasteiger partial charge in [0.1, 0.15) is 11.6 Å². The number of nitrogens with zero attached hydrogens (tertiary/aromatic N) is 3. The second kappa shape index (κ2) is 9.36. The maximum atomic E-state index is 13.1. The van der Waals surface area contributed by atoms with Crippen molar-refractivity contribution in [2.75, 3.05) is 12.4 Å². The van der Waals surface area contributed by atoms with Crippen LogP contribution in [0.5, 0.6) is 5.75 Å². The minimum atomic E-state index is -0.370. The van der Waals surface area contributed by atoms with Crippen LogP contribution >= 0.6 is 11.3 Å². The average molecular weight is 434 g/mol. The van der Waals surface area contributed by atoms with Crippen molar-refractivity contribution in [2.45, 2.75) is 6.54 Å². The lowest BCUT2D eigenvalue weighted by Gasteiger charge is -2.04. The minimum absolute atomic E-state index is 0.330. The van der Waals surface area contributed by atoms with Gasteiger partial charge in [-0.25, -0.2) is 4.39 Å². The van der Waals surface area contributed by atoms with E-state index in [2.05, 4.69) is 15.4 Å². The zero-order chi connectivity index (χ0) is 21.6. The summed E-state index contributed by atoms with van der Waals surface area (Å²) in [7, 11) is 1.60. The lowest BCUT2D eigenvalue weighted by Crippen LogP contribution is -2.14. The normalized spacial score (nSPS) is 11.0. The predicted octanol–water partition coefficient (Wildman–Crippen LogP) is 5.12. The standard InChI is InChI=1S/C23H19FN4O2S/c1-30-19-11-7-17(8-12-19)22-26-23(25-15-20-3-2-14-31-20)28(27-22)21(29)13-6-16-4-9-18(24)10-5-16/h2-14H,15H2,1H3,(H,25,26,27). The largest absolute Gasteiger partial charge is 0.497 e. The summed E-state index contributed by atoms with van der Waals surface area (Å²) in [6.45, 7) is 0.521. The highest BCUT2D eigenvalue weighted by molar-refractivity contribution is 7.09. The van der Waals surface area contributed by atoms with Crippen LogP contribution in [0.2, 0.25) is 0 Å². The van der Waals surface area contributed by atoms with E-state index in [0.717, 1.165) is 16.2 Å². The van der Waals surface area contributed by atoms with Crippen LogP contribution in [0.1, 0.15) is 15.2 Å². The number of rotatable bonds is 7. The van der Waals surface area contributed by atoms with E-state index in [1.165, 1.54) is 22.9 Å². The van der Waals surface area contributed by atoms with Crippen molar-refractivity contribution in [1.29, 1.82) is 0 Å². The molecule has 8 heteroatoms. The first-order valence-electron chi connectivity index (χ1n) is 9.48. The third-order valence-electron chi connectivity index (χ3n) is 4.45. The smallest absolute Gasteiger partial charge is 0.274 e. The number of anilines is 1. The van der Waals surface area contributed by atoms with Crippen LogP contribution in [0.25, 0.3) is 17.5 Å². The Bertz CT molecular complexity index is 1180. The molecule has 0 atom stereocenters. The molecule has 1 N–H and O–H groups in total. The first kappa shape index (κ1) is 20.5.